The van der Waals surface area contributed by atoms with Crippen LogP contribution >= 0.6 is 47.0 Å². The number of benzene rings is 2. The van der Waals surface area contributed by atoms with Crippen LogP contribution in [0, 0.1) is 13.8 Å². The van der Waals surface area contributed by atoms with Gasteiger partial charge in [0.1, 0.15) is 0 Å². The maximum absolute atomic E-state index is 16.6. The molecule has 0 aliphatic carbocycles. The third kappa shape index (κ3) is 8.54. The van der Waals surface area contributed by atoms with Gasteiger partial charge in [0.15, 0.2) is 11.4 Å². The summed E-state index contributed by atoms with van der Waals surface area (Å²) in [6, 6.07) is 20.4. The monoisotopic (exact) mass is 723 g/mol. The molecule has 256 valence electrons. The fourth-order valence-electron chi connectivity index (χ4n) is 6.53. The molecule has 1 aromatic heterocycles. The Labute approximate surface area is 303 Å². The van der Waals surface area contributed by atoms with Gasteiger partial charge in [0.25, 0.3) is 0 Å². The quantitative estimate of drug-likeness (QED) is 0.0954. The van der Waals surface area contributed by atoms with Crippen molar-refractivity contribution in [1.82, 2.24) is 4.48 Å². The molecule has 3 nitrogen and oxygen atoms in total. The summed E-state index contributed by atoms with van der Waals surface area (Å²) in [5, 5.41) is 0. The zero-order valence-corrected chi connectivity index (χ0v) is 32.2. The lowest BCUT2D eigenvalue weighted by Crippen LogP contribution is -2.51. The number of nitrogens with zero attached hydrogens (tertiary/aromatic N) is 3. The topological polar surface area (TPSA) is 11.2 Å². The highest BCUT2D eigenvalue weighted by atomic mass is 32.2. The first kappa shape index (κ1) is 37.0. The average Bonchev–Trinajstić information content (AvgIpc) is 3.58. The second kappa shape index (κ2) is 17.6. The second-order valence-corrected chi connectivity index (χ2v) is 17.3. The second-order valence-electron chi connectivity index (χ2n) is 12.0. The molecule has 0 atom stereocenters. The number of aromatic nitrogens is 1. The van der Waals surface area contributed by atoms with E-state index in [4.69, 9.17) is 0 Å². The van der Waals surface area contributed by atoms with E-state index >= 15 is 8.63 Å². The summed E-state index contributed by atoms with van der Waals surface area (Å²) in [6.45, 7) is 8.06. The van der Waals surface area contributed by atoms with Gasteiger partial charge in [-0.25, -0.2) is 0 Å². The highest BCUT2D eigenvalue weighted by Crippen LogP contribution is 2.44. The molecule has 0 unspecified atom stereocenters. The van der Waals surface area contributed by atoms with Crippen molar-refractivity contribution < 1.29 is 13.1 Å². The Bertz CT molecular complexity index is 1650. The first-order chi connectivity index (χ1) is 23.3. The van der Waals surface area contributed by atoms with E-state index in [0.717, 1.165) is 52.4 Å². The Balaban J connectivity index is 1.39. The number of aryl methyl sites for hydroxylation is 2. The largest absolute Gasteiger partial charge is 0.737 e. The van der Waals surface area contributed by atoms with Crippen LogP contribution in [0.15, 0.2) is 84.1 Å². The first-order valence-corrected chi connectivity index (χ1v) is 21.6. The number of rotatable bonds is 18. The van der Waals surface area contributed by atoms with Gasteiger partial charge in [-0.3, -0.25) is 0 Å². The molecule has 0 spiro atoms. The van der Waals surface area contributed by atoms with Crippen molar-refractivity contribution in [3.05, 3.63) is 112 Å². The molecule has 0 N–H and O–H groups in total. The number of thioether (sulfide) groups is 4. The molecule has 2 aliphatic heterocycles. The van der Waals surface area contributed by atoms with E-state index in [2.05, 4.69) is 43.0 Å². The van der Waals surface area contributed by atoms with E-state index in [1.807, 2.05) is 116 Å². The van der Waals surface area contributed by atoms with Gasteiger partial charge in [0.05, 0.1) is 5.57 Å². The number of fused-ring (bicyclic) bond motifs is 2. The minimum Gasteiger partial charge on any atom is -0.393 e. The molecule has 0 saturated heterocycles. The Morgan fingerprint density at radius 1 is 0.771 bits per heavy atom. The molecule has 0 saturated carbocycles. The van der Waals surface area contributed by atoms with Crippen molar-refractivity contribution in [3.8, 4) is 0 Å². The number of anilines is 1. The summed E-state index contributed by atoms with van der Waals surface area (Å²) in [5.41, 5.74) is 8.05. The summed E-state index contributed by atoms with van der Waals surface area (Å²) < 4.78 is 35.8. The smallest absolute Gasteiger partial charge is 0.393 e. The zero-order valence-electron chi connectivity index (χ0n) is 28.9. The van der Waals surface area contributed by atoms with Crippen molar-refractivity contribution in [2.24, 2.45) is 0 Å². The van der Waals surface area contributed by atoms with Crippen LogP contribution in [0.5, 0.6) is 0 Å². The molecule has 0 radical (unpaired) electrons. The predicted molar refractivity (Wildman–Crippen MR) is 217 cm³/mol. The van der Waals surface area contributed by atoms with Crippen molar-refractivity contribution in [1.29, 1.82) is 0 Å². The van der Waals surface area contributed by atoms with Crippen LogP contribution in [0.3, 0.4) is 0 Å². The minimum atomic E-state index is -4.09. The van der Waals surface area contributed by atoms with Crippen molar-refractivity contribution in [2.45, 2.75) is 34.6 Å². The Morgan fingerprint density at radius 3 is 1.98 bits per heavy atom. The molecule has 0 bridgehead atoms. The maximum Gasteiger partial charge on any atom is 0.737 e. The standard InChI is InChI=1S/C38H48BF2N3S4/c1-6-45-23-25-47-21-19-42(20-22-48-26-24-46-7-2)34-16-13-32(14-17-34)15-18-35-28-30(4)38-36(33-11-9-8-10-12-33)37-29(3)27-31(5)43(37)39(40,41)44(35)38/h8-18,27-28H,6-7,19-26H2,1-5H3/b18-15+. The molecule has 3 aromatic rings. The van der Waals surface area contributed by atoms with Crippen LogP contribution in [0.2, 0.25) is 0 Å². The van der Waals surface area contributed by atoms with Gasteiger partial charge in [-0.05, 0) is 78.9 Å². The lowest BCUT2D eigenvalue weighted by Gasteiger charge is -2.34. The predicted octanol–water partition coefficient (Wildman–Crippen LogP) is 10.0. The minimum absolute atomic E-state index is 0.513. The normalized spacial score (nSPS) is 15.4. The SMILES string of the molecule is CCSCCSCCN(CCSCCSCC)c1ccc(/C=C/C2=[N+]3C(=C(c4ccccc4)c4c(C)cc(C)n4[B-]3(F)F)C(C)=C2)cc1. The molecule has 3 heterocycles. The summed E-state index contributed by atoms with van der Waals surface area (Å²) in [5.74, 6) is 9.39. The molecule has 2 aliphatic rings. The zero-order chi connectivity index (χ0) is 34.1. The maximum atomic E-state index is 16.6. The Kier molecular flexibility index (Phi) is 13.6. The molecule has 0 fully saturated rings. The van der Waals surface area contributed by atoms with Gasteiger partial charge >= 0.3 is 6.97 Å². The summed E-state index contributed by atoms with van der Waals surface area (Å²) in [4.78, 5) is 2.50. The van der Waals surface area contributed by atoms with E-state index in [9.17, 15) is 0 Å². The van der Waals surface area contributed by atoms with Crippen molar-refractivity contribution in [2.75, 3.05) is 64.0 Å². The number of hydrogen-bond donors (Lipinski definition) is 0. The molecule has 48 heavy (non-hydrogen) atoms. The van der Waals surface area contributed by atoms with E-state index in [1.54, 1.807) is 6.92 Å². The van der Waals surface area contributed by atoms with Gasteiger partial charge in [-0.1, -0.05) is 56.3 Å². The van der Waals surface area contributed by atoms with Crippen LogP contribution in [0.4, 0.5) is 14.3 Å². The number of allylic oxidation sites excluding steroid dienone is 3. The summed E-state index contributed by atoms with van der Waals surface area (Å²) in [7, 11) is 0. The highest BCUT2D eigenvalue weighted by molar-refractivity contribution is 8.03. The summed E-state index contributed by atoms with van der Waals surface area (Å²) >= 11 is 8.08. The van der Waals surface area contributed by atoms with E-state index in [-0.39, 0.29) is 0 Å². The number of hydrogen-bond acceptors (Lipinski definition) is 5. The fourth-order valence-corrected chi connectivity index (χ4v) is 10.1. The molecule has 10 heteroatoms. The highest BCUT2D eigenvalue weighted by Gasteiger charge is 2.55. The summed E-state index contributed by atoms with van der Waals surface area (Å²) in [6.07, 6.45) is 5.73. The van der Waals surface area contributed by atoms with Gasteiger partial charge in [0, 0.05) is 76.7 Å². The Hall–Kier alpha value is -2.27. The van der Waals surface area contributed by atoms with Crippen LogP contribution in [-0.4, -0.2) is 80.8 Å². The van der Waals surface area contributed by atoms with E-state index in [0.29, 0.717) is 22.8 Å². The van der Waals surface area contributed by atoms with Crippen molar-refractivity contribution in [3.63, 3.8) is 0 Å². The molecular formula is C38H48BF2N3S4. The third-order valence-electron chi connectivity index (χ3n) is 8.70. The fraction of sp³-hybridized carbons (Fsp3) is 0.395. The van der Waals surface area contributed by atoms with Gasteiger partial charge in [-0.15, -0.1) is 0 Å². The van der Waals surface area contributed by atoms with Crippen LogP contribution in [0.25, 0.3) is 11.6 Å². The van der Waals surface area contributed by atoms with Gasteiger partial charge in [-0.2, -0.15) is 47.0 Å². The third-order valence-corrected chi connectivity index (χ3v) is 12.9. The lowest BCUT2D eigenvalue weighted by atomic mass is 9.84. The van der Waals surface area contributed by atoms with E-state index < -0.39 is 6.97 Å². The van der Waals surface area contributed by atoms with Crippen LogP contribution < -0.4 is 4.90 Å². The van der Waals surface area contributed by atoms with Crippen molar-refractivity contribution >= 4 is 77.1 Å². The van der Waals surface area contributed by atoms with Crippen LogP contribution in [-0.2, 0) is 0 Å². The first-order valence-electron chi connectivity index (χ1n) is 17.0. The number of halogens is 2. The molecule has 2 aromatic carbocycles. The van der Waals surface area contributed by atoms with Gasteiger partial charge in [0.2, 0.25) is 0 Å². The lowest BCUT2D eigenvalue weighted by molar-refractivity contribution is -0.362. The Morgan fingerprint density at radius 2 is 1.38 bits per heavy atom. The van der Waals surface area contributed by atoms with Gasteiger partial charge < -0.3 is 22.5 Å². The molecular weight excluding hydrogens is 676 g/mol. The average molecular weight is 724 g/mol. The molecule has 5 rings (SSSR count). The van der Waals surface area contributed by atoms with E-state index in [1.165, 1.54) is 49.2 Å². The molecule has 0 amide bonds. The van der Waals surface area contributed by atoms with Crippen LogP contribution in [0.1, 0.15) is 48.8 Å².